The van der Waals surface area contributed by atoms with Gasteiger partial charge in [-0.05, 0) is 35.4 Å². The average Bonchev–Trinajstić information content (AvgIpc) is 2.66. The minimum absolute atomic E-state index is 0.341. The highest BCUT2D eigenvalue weighted by Gasteiger charge is 2.20. The number of rotatable bonds is 5. The number of benzene rings is 2. The van der Waals surface area contributed by atoms with Crippen molar-refractivity contribution in [2.24, 2.45) is 0 Å². The molecule has 1 heterocycles. The van der Waals surface area contributed by atoms with Crippen molar-refractivity contribution in [2.75, 3.05) is 13.7 Å². The summed E-state index contributed by atoms with van der Waals surface area (Å²) >= 11 is 0.811. The summed E-state index contributed by atoms with van der Waals surface area (Å²) in [5.74, 6) is -1.93. The van der Waals surface area contributed by atoms with E-state index in [2.05, 4.69) is 5.32 Å². The minimum Gasteiger partial charge on any atom is -0.506 e. The van der Waals surface area contributed by atoms with Crippen molar-refractivity contribution in [3.05, 3.63) is 57.6 Å². The summed E-state index contributed by atoms with van der Waals surface area (Å²) in [6, 6.07) is 12.5. The second-order valence-corrected chi connectivity index (χ2v) is 6.64. The number of methoxy groups -OCH3 is 1. The number of nitrogens with one attached hydrogen (secondary N) is 1. The Kier molecular flexibility index (Phi) is 5.09. The predicted octanol–water partition coefficient (Wildman–Crippen LogP) is 2.46. The highest BCUT2D eigenvalue weighted by atomic mass is 32.1. The smallest absolute Gasteiger partial charge is 0.322 e. The zero-order valence-electron chi connectivity index (χ0n) is 14.2. The summed E-state index contributed by atoms with van der Waals surface area (Å²) < 4.78 is 5.01. The number of carbonyl (C=O) groups excluding carboxylic acids is 1. The van der Waals surface area contributed by atoms with Crippen molar-refractivity contribution in [2.45, 2.75) is 0 Å². The van der Waals surface area contributed by atoms with E-state index in [0.29, 0.717) is 15.8 Å². The molecule has 0 fully saturated rings. The molecule has 138 valence electrons. The molecular formula is C19H15NO6S. The number of carboxylic acids is 1. The van der Waals surface area contributed by atoms with Crippen LogP contribution in [0.15, 0.2) is 47.3 Å². The normalized spacial score (nSPS) is 10.6. The van der Waals surface area contributed by atoms with Gasteiger partial charge < -0.3 is 20.3 Å². The van der Waals surface area contributed by atoms with E-state index in [9.17, 15) is 19.5 Å². The SMILES string of the molecule is COc1ccc(-c2ccc3sc(=O)c(C(=O)NCC(=O)O)c(O)c3c2)cc1. The van der Waals surface area contributed by atoms with Gasteiger partial charge in [-0.3, -0.25) is 14.4 Å². The van der Waals surface area contributed by atoms with Crippen LogP contribution in [0.4, 0.5) is 0 Å². The summed E-state index contributed by atoms with van der Waals surface area (Å²) in [6.07, 6.45) is 0. The van der Waals surface area contributed by atoms with Crippen molar-refractivity contribution >= 4 is 33.3 Å². The Morgan fingerprint density at radius 3 is 2.41 bits per heavy atom. The van der Waals surface area contributed by atoms with E-state index >= 15 is 0 Å². The lowest BCUT2D eigenvalue weighted by Crippen LogP contribution is -2.32. The molecule has 7 nitrogen and oxygen atoms in total. The fraction of sp³-hybridized carbons (Fsp3) is 0.105. The number of amides is 1. The van der Waals surface area contributed by atoms with Gasteiger partial charge in [0, 0.05) is 10.1 Å². The lowest BCUT2D eigenvalue weighted by atomic mass is 10.0. The lowest BCUT2D eigenvalue weighted by molar-refractivity contribution is -0.135. The van der Waals surface area contributed by atoms with Gasteiger partial charge in [0.05, 0.1) is 7.11 Å². The van der Waals surface area contributed by atoms with Crippen molar-refractivity contribution in [1.29, 1.82) is 0 Å². The van der Waals surface area contributed by atoms with Crippen LogP contribution in [0.25, 0.3) is 21.2 Å². The fourth-order valence-corrected chi connectivity index (χ4v) is 3.49. The van der Waals surface area contributed by atoms with Crippen LogP contribution in [0.5, 0.6) is 11.5 Å². The van der Waals surface area contributed by atoms with Crippen LogP contribution in [0.1, 0.15) is 10.4 Å². The number of carboxylic acid groups (broad SMARTS) is 1. The molecule has 0 saturated carbocycles. The highest BCUT2D eigenvalue weighted by molar-refractivity contribution is 7.16. The van der Waals surface area contributed by atoms with Crippen molar-refractivity contribution in [3.63, 3.8) is 0 Å². The van der Waals surface area contributed by atoms with E-state index < -0.39 is 34.5 Å². The quantitative estimate of drug-likeness (QED) is 0.622. The third-order valence-corrected chi connectivity index (χ3v) is 4.89. The molecule has 0 bridgehead atoms. The largest absolute Gasteiger partial charge is 0.506 e. The van der Waals surface area contributed by atoms with Crippen LogP contribution in [0.2, 0.25) is 0 Å². The van der Waals surface area contributed by atoms with E-state index in [1.807, 2.05) is 18.2 Å². The summed E-state index contributed by atoms with van der Waals surface area (Å²) in [6.45, 7) is -0.647. The van der Waals surface area contributed by atoms with Gasteiger partial charge >= 0.3 is 5.97 Å². The number of hydrogen-bond donors (Lipinski definition) is 3. The molecule has 3 aromatic rings. The highest BCUT2D eigenvalue weighted by Crippen LogP contribution is 2.33. The summed E-state index contributed by atoms with van der Waals surface area (Å²) in [5, 5.41) is 21.6. The van der Waals surface area contributed by atoms with Gasteiger partial charge in [-0.15, -0.1) is 0 Å². The number of aliphatic carboxylic acids is 1. The molecule has 0 atom stereocenters. The third-order valence-electron chi connectivity index (χ3n) is 3.93. The van der Waals surface area contributed by atoms with Crippen LogP contribution in [-0.4, -0.2) is 35.7 Å². The monoisotopic (exact) mass is 385 g/mol. The first-order valence-corrected chi connectivity index (χ1v) is 8.66. The van der Waals surface area contributed by atoms with Crippen LogP contribution in [0.3, 0.4) is 0 Å². The predicted molar refractivity (Wildman–Crippen MR) is 102 cm³/mol. The molecule has 0 radical (unpaired) electrons. The van der Waals surface area contributed by atoms with E-state index in [0.717, 1.165) is 22.5 Å². The van der Waals surface area contributed by atoms with Gasteiger partial charge in [-0.25, -0.2) is 0 Å². The fourth-order valence-electron chi connectivity index (χ4n) is 2.59. The Morgan fingerprint density at radius 2 is 1.78 bits per heavy atom. The van der Waals surface area contributed by atoms with Crippen LogP contribution in [0, 0.1) is 0 Å². The first-order chi connectivity index (χ1) is 12.9. The van der Waals surface area contributed by atoms with Crippen LogP contribution in [-0.2, 0) is 4.79 Å². The molecule has 27 heavy (non-hydrogen) atoms. The Morgan fingerprint density at radius 1 is 1.11 bits per heavy atom. The molecule has 8 heteroatoms. The van der Waals surface area contributed by atoms with E-state index in [1.54, 1.807) is 31.4 Å². The molecule has 3 N–H and O–H groups in total. The molecule has 0 saturated heterocycles. The first-order valence-electron chi connectivity index (χ1n) is 7.85. The molecule has 0 aliphatic heterocycles. The summed E-state index contributed by atoms with van der Waals surface area (Å²) in [4.78, 5) is 34.9. The Bertz CT molecular complexity index is 1090. The number of hydrogen-bond acceptors (Lipinski definition) is 6. The standard InChI is InChI=1S/C19H15NO6S/c1-26-12-5-2-10(3-6-12)11-4-7-14-13(8-11)17(23)16(19(25)27-14)18(24)20-9-15(21)22/h2-8,23H,9H2,1H3,(H,20,24)(H,21,22). The molecule has 3 rings (SSSR count). The molecule has 0 aliphatic rings. The maximum Gasteiger partial charge on any atom is 0.322 e. The Hall–Kier alpha value is -3.39. The van der Waals surface area contributed by atoms with Crippen molar-refractivity contribution in [3.8, 4) is 22.6 Å². The lowest BCUT2D eigenvalue weighted by Gasteiger charge is -2.09. The maximum atomic E-state index is 12.2. The van der Waals surface area contributed by atoms with E-state index in [-0.39, 0.29) is 0 Å². The zero-order valence-corrected chi connectivity index (χ0v) is 15.0. The second-order valence-electron chi connectivity index (χ2n) is 5.63. The van der Waals surface area contributed by atoms with Gasteiger partial charge in [0.15, 0.2) is 0 Å². The van der Waals surface area contributed by atoms with Gasteiger partial charge in [0.2, 0.25) is 4.74 Å². The van der Waals surface area contributed by atoms with Gasteiger partial charge in [-0.1, -0.05) is 29.5 Å². The Labute approximate surface area is 157 Å². The third kappa shape index (κ3) is 3.75. The van der Waals surface area contributed by atoms with Crippen LogP contribution >= 0.6 is 11.3 Å². The molecule has 0 unspecified atom stereocenters. The van der Waals surface area contributed by atoms with Gasteiger partial charge in [-0.2, -0.15) is 0 Å². The molecule has 2 aromatic carbocycles. The van der Waals surface area contributed by atoms with E-state index in [4.69, 9.17) is 9.84 Å². The maximum absolute atomic E-state index is 12.2. The van der Waals surface area contributed by atoms with E-state index in [1.165, 1.54) is 0 Å². The number of ether oxygens (including phenoxy) is 1. The van der Waals surface area contributed by atoms with Crippen molar-refractivity contribution < 1.29 is 24.5 Å². The Balaban J connectivity index is 2.08. The number of carbonyl (C=O) groups is 2. The summed E-state index contributed by atoms with van der Waals surface area (Å²) in [5.41, 5.74) is 1.19. The molecule has 0 aliphatic carbocycles. The molecule has 1 amide bonds. The zero-order chi connectivity index (χ0) is 19.6. The minimum atomic E-state index is -1.25. The van der Waals surface area contributed by atoms with Gasteiger partial charge in [0.1, 0.15) is 23.6 Å². The molecule has 1 aromatic heterocycles. The first kappa shape index (κ1) is 18.4. The van der Waals surface area contributed by atoms with Crippen LogP contribution < -0.4 is 14.8 Å². The average molecular weight is 385 g/mol. The molecular weight excluding hydrogens is 370 g/mol. The number of fused-ring (bicyclic) bond motifs is 1. The topological polar surface area (TPSA) is 113 Å². The summed E-state index contributed by atoms with van der Waals surface area (Å²) in [7, 11) is 1.57. The van der Waals surface area contributed by atoms with Crippen molar-refractivity contribution in [1.82, 2.24) is 5.32 Å². The number of aromatic hydroxyl groups is 1. The second kappa shape index (κ2) is 7.46. The molecule has 0 spiro atoms. The van der Waals surface area contributed by atoms with Gasteiger partial charge in [0.25, 0.3) is 5.91 Å².